The Hall–Kier alpha value is -1.84. The molecule has 0 atom stereocenters. The van der Waals surface area contributed by atoms with E-state index < -0.39 is 0 Å². The Labute approximate surface area is 122 Å². The molecule has 20 heavy (non-hydrogen) atoms. The Morgan fingerprint density at radius 2 is 1.80 bits per heavy atom. The van der Waals surface area contributed by atoms with Crippen molar-refractivity contribution >= 4 is 21.4 Å². The van der Waals surface area contributed by atoms with Crippen LogP contribution >= 0.6 is 11.3 Å². The number of thiophene rings is 1. The lowest BCUT2D eigenvalue weighted by atomic mass is 10.1. The van der Waals surface area contributed by atoms with Gasteiger partial charge in [0.2, 0.25) is 0 Å². The SMILES string of the molecule is OCCCOc1ccc(-c2cc3ccccc3s2)cc1. The highest BCUT2D eigenvalue weighted by molar-refractivity contribution is 7.22. The van der Waals surface area contributed by atoms with E-state index in [-0.39, 0.29) is 6.61 Å². The van der Waals surface area contributed by atoms with Crippen molar-refractivity contribution in [3.8, 4) is 16.2 Å². The molecule has 0 saturated carbocycles. The van der Waals surface area contributed by atoms with E-state index in [1.54, 1.807) is 11.3 Å². The standard InChI is InChI=1S/C17H16O2S/c18-10-3-11-19-15-8-6-13(7-9-15)17-12-14-4-1-2-5-16(14)20-17/h1-2,4-9,12,18H,3,10-11H2. The number of aliphatic hydroxyl groups excluding tert-OH is 1. The van der Waals surface area contributed by atoms with Crippen molar-refractivity contribution in [3.05, 3.63) is 54.6 Å². The van der Waals surface area contributed by atoms with Gasteiger partial charge in [-0.15, -0.1) is 11.3 Å². The highest BCUT2D eigenvalue weighted by atomic mass is 32.1. The van der Waals surface area contributed by atoms with Gasteiger partial charge in [-0.05, 0) is 47.3 Å². The lowest BCUT2D eigenvalue weighted by Gasteiger charge is -2.05. The summed E-state index contributed by atoms with van der Waals surface area (Å²) in [6, 6.07) is 18.8. The van der Waals surface area contributed by atoms with Crippen LogP contribution in [0.1, 0.15) is 6.42 Å². The first-order valence-electron chi connectivity index (χ1n) is 6.69. The molecule has 0 radical (unpaired) electrons. The van der Waals surface area contributed by atoms with Crippen LogP contribution in [0.25, 0.3) is 20.5 Å². The van der Waals surface area contributed by atoms with E-state index in [9.17, 15) is 0 Å². The molecule has 3 heteroatoms. The van der Waals surface area contributed by atoms with Gasteiger partial charge in [0.15, 0.2) is 0 Å². The van der Waals surface area contributed by atoms with Gasteiger partial charge in [-0.2, -0.15) is 0 Å². The lowest BCUT2D eigenvalue weighted by Crippen LogP contribution is -1.99. The smallest absolute Gasteiger partial charge is 0.119 e. The average molecular weight is 284 g/mol. The Kier molecular flexibility index (Phi) is 4.00. The fraction of sp³-hybridized carbons (Fsp3) is 0.176. The Morgan fingerprint density at radius 3 is 2.55 bits per heavy atom. The molecule has 2 nitrogen and oxygen atoms in total. The van der Waals surface area contributed by atoms with Gasteiger partial charge < -0.3 is 9.84 Å². The molecule has 0 spiro atoms. The van der Waals surface area contributed by atoms with Crippen LogP contribution < -0.4 is 4.74 Å². The second-order valence-electron chi connectivity index (χ2n) is 4.60. The summed E-state index contributed by atoms with van der Waals surface area (Å²) in [7, 11) is 0. The first-order valence-corrected chi connectivity index (χ1v) is 7.51. The number of fused-ring (bicyclic) bond motifs is 1. The molecule has 3 aromatic rings. The third-order valence-corrected chi connectivity index (χ3v) is 4.30. The van der Waals surface area contributed by atoms with Gasteiger partial charge in [-0.3, -0.25) is 0 Å². The van der Waals surface area contributed by atoms with E-state index in [1.165, 1.54) is 20.5 Å². The number of hydrogen-bond donors (Lipinski definition) is 1. The van der Waals surface area contributed by atoms with Crippen LogP contribution in [0.3, 0.4) is 0 Å². The van der Waals surface area contributed by atoms with Crippen molar-refractivity contribution in [2.75, 3.05) is 13.2 Å². The monoisotopic (exact) mass is 284 g/mol. The third-order valence-electron chi connectivity index (χ3n) is 3.14. The molecular formula is C17H16O2S. The van der Waals surface area contributed by atoms with Crippen LogP contribution in [-0.2, 0) is 0 Å². The van der Waals surface area contributed by atoms with Crippen molar-refractivity contribution < 1.29 is 9.84 Å². The molecule has 0 unspecified atom stereocenters. The van der Waals surface area contributed by atoms with Gasteiger partial charge in [0.25, 0.3) is 0 Å². The normalized spacial score (nSPS) is 10.8. The van der Waals surface area contributed by atoms with Crippen molar-refractivity contribution in [2.24, 2.45) is 0 Å². The number of rotatable bonds is 5. The van der Waals surface area contributed by atoms with Crippen LogP contribution in [-0.4, -0.2) is 18.3 Å². The maximum atomic E-state index is 8.73. The Balaban J connectivity index is 1.79. The zero-order chi connectivity index (χ0) is 13.8. The summed E-state index contributed by atoms with van der Waals surface area (Å²) in [5, 5.41) is 10.0. The number of ether oxygens (including phenoxy) is 1. The molecule has 1 aromatic heterocycles. The maximum absolute atomic E-state index is 8.73. The topological polar surface area (TPSA) is 29.5 Å². The molecular weight excluding hydrogens is 268 g/mol. The molecule has 0 aliphatic carbocycles. The second-order valence-corrected chi connectivity index (χ2v) is 5.68. The molecule has 1 heterocycles. The summed E-state index contributed by atoms with van der Waals surface area (Å²) < 4.78 is 6.85. The highest BCUT2D eigenvalue weighted by Crippen LogP contribution is 2.33. The van der Waals surface area contributed by atoms with Gasteiger partial charge >= 0.3 is 0 Å². The summed E-state index contributed by atoms with van der Waals surface area (Å²) >= 11 is 1.80. The largest absolute Gasteiger partial charge is 0.494 e. The molecule has 0 bridgehead atoms. The molecule has 1 N–H and O–H groups in total. The molecule has 0 amide bonds. The lowest BCUT2D eigenvalue weighted by molar-refractivity contribution is 0.233. The zero-order valence-corrected chi connectivity index (χ0v) is 11.9. The van der Waals surface area contributed by atoms with Crippen LogP contribution in [0.15, 0.2) is 54.6 Å². The van der Waals surface area contributed by atoms with E-state index in [0.29, 0.717) is 13.0 Å². The van der Waals surface area contributed by atoms with Crippen LogP contribution in [0, 0.1) is 0 Å². The molecule has 102 valence electrons. The fourth-order valence-electron chi connectivity index (χ4n) is 2.09. The van der Waals surface area contributed by atoms with E-state index >= 15 is 0 Å². The maximum Gasteiger partial charge on any atom is 0.119 e. The quantitative estimate of drug-likeness (QED) is 0.707. The van der Waals surface area contributed by atoms with Crippen molar-refractivity contribution in [3.63, 3.8) is 0 Å². The molecule has 0 aliphatic rings. The summed E-state index contributed by atoms with van der Waals surface area (Å²) in [4.78, 5) is 1.27. The second kappa shape index (κ2) is 6.07. The first-order chi connectivity index (χ1) is 9.86. The zero-order valence-electron chi connectivity index (χ0n) is 11.1. The summed E-state index contributed by atoms with van der Waals surface area (Å²) in [6.07, 6.45) is 0.665. The van der Waals surface area contributed by atoms with Crippen LogP contribution in [0.2, 0.25) is 0 Å². The predicted molar refractivity (Wildman–Crippen MR) is 84.5 cm³/mol. The molecule has 3 rings (SSSR count). The van der Waals surface area contributed by atoms with Crippen LogP contribution in [0.4, 0.5) is 0 Å². The molecule has 0 fully saturated rings. The number of hydrogen-bond acceptors (Lipinski definition) is 3. The fourth-order valence-corrected chi connectivity index (χ4v) is 3.16. The van der Waals surface area contributed by atoms with E-state index in [2.05, 4.69) is 42.5 Å². The highest BCUT2D eigenvalue weighted by Gasteiger charge is 2.04. The minimum atomic E-state index is 0.167. The van der Waals surface area contributed by atoms with Crippen molar-refractivity contribution in [1.82, 2.24) is 0 Å². The van der Waals surface area contributed by atoms with E-state index in [1.807, 2.05) is 12.1 Å². The summed E-state index contributed by atoms with van der Waals surface area (Å²) in [5.41, 5.74) is 1.21. The van der Waals surface area contributed by atoms with Crippen molar-refractivity contribution in [1.29, 1.82) is 0 Å². The third kappa shape index (κ3) is 2.84. The Bertz CT molecular complexity index is 653. The molecule has 2 aromatic carbocycles. The first kappa shape index (κ1) is 13.2. The molecule has 0 aliphatic heterocycles. The van der Waals surface area contributed by atoms with Gasteiger partial charge in [0.05, 0.1) is 6.61 Å². The van der Waals surface area contributed by atoms with Gasteiger partial charge in [0.1, 0.15) is 5.75 Å². The minimum absolute atomic E-state index is 0.167. The summed E-state index contributed by atoms with van der Waals surface area (Å²) in [5.74, 6) is 0.850. The van der Waals surface area contributed by atoms with E-state index in [0.717, 1.165) is 5.75 Å². The summed E-state index contributed by atoms with van der Waals surface area (Å²) in [6.45, 7) is 0.721. The minimum Gasteiger partial charge on any atom is -0.494 e. The number of benzene rings is 2. The van der Waals surface area contributed by atoms with E-state index in [4.69, 9.17) is 9.84 Å². The Morgan fingerprint density at radius 1 is 1.00 bits per heavy atom. The molecule has 0 saturated heterocycles. The van der Waals surface area contributed by atoms with Gasteiger partial charge in [0, 0.05) is 22.6 Å². The number of aliphatic hydroxyl groups is 1. The van der Waals surface area contributed by atoms with Crippen LogP contribution in [0.5, 0.6) is 5.75 Å². The predicted octanol–water partition coefficient (Wildman–Crippen LogP) is 4.33. The average Bonchev–Trinajstić information content (AvgIpc) is 2.92. The van der Waals surface area contributed by atoms with Crippen molar-refractivity contribution in [2.45, 2.75) is 6.42 Å². The van der Waals surface area contributed by atoms with Gasteiger partial charge in [-0.25, -0.2) is 0 Å². The van der Waals surface area contributed by atoms with Gasteiger partial charge in [-0.1, -0.05) is 18.2 Å².